The number of carboxylic acid groups (broad SMARTS) is 1. The fourth-order valence-electron chi connectivity index (χ4n) is 2.54. The highest BCUT2D eigenvalue weighted by Gasteiger charge is 2.14. The molecule has 0 radical (unpaired) electrons. The molecule has 24 heavy (non-hydrogen) atoms. The first-order valence-corrected chi connectivity index (χ1v) is 7.18. The van der Waals surface area contributed by atoms with Crippen LogP contribution in [0.4, 0.5) is 11.4 Å². The molecule has 0 bridgehead atoms. The maximum atomic E-state index is 10.9. The molecule has 3 aromatic rings. The SMILES string of the molecule is COc1cccc2c(Nc3ccc(C(=O)O)cc3)cc(C)[nH+]c12.[Cl-]. The van der Waals surface area contributed by atoms with Crippen molar-refractivity contribution in [1.82, 2.24) is 0 Å². The summed E-state index contributed by atoms with van der Waals surface area (Å²) in [6.45, 7) is 1.98. The second-order valence-corrected chi connectivity index (χ2v) is 5.26. The lowest BCUT2D eigenvalue weighted by Crippen LogP contribution is -3.00. The molecule has 0 fully saturated rings. The second-order valence-electron chi connectivity index (χ2n) is 5.26. The minimum Gasteiger partial charge on any atom is -1.00 e. The fourth-order valence-corrected chi connectivity index (χ4v) is 2.54. The van der Waals surface area contributed by atoms with E-state index in [2.05, 4.69) is 10.3 Å². The molecular formula is C18H17ClN2O3. The standard InChI is InChI=1S/C18H16N2O3.ClH/c1-11-10-15(14-4-3-5-16(23-2)17(14)19-11)20-13-8-6-12(7-9-13)18(21)22;/h3-10H,1-2H3,(H,19,20)(H,21,22);1H. The van der Waals surface area contributed by atoms with Crippen LogP contribution in [0.1, 0.15) is 16.1 Å². The van der Waals surface area contributed by atoms with E-state index in [0.717, 1.165) is 33.7 Å². The third-order valence-electron chi connectivity index (χ3n) is 3.63. The first-order valence-electron chi connectivity index (χ1n) is 7.18. The summed E-state index contributed by atoms with van der Waals surface area (Å²) < 4.78 is 5.41. The van der Waals surface area contributed by atoms with E-state index in [-0.39, 0.29) is 18.0 Å². The number of carbonyl (C=O) groups is 1. The van der Waals surface area contributed by atoms with Crippen molar-refractivity contribution in [2.45, 2.75) is 6.92 Å². The normalized spacial score (nSPS) is 10.1. The molecule has 0 spiro atoms. The molecule has 0 unspecified atom stereocenters. The molecule has 0 aliphatic heterocycles. The number of methoxy groups -OCH3 is 1. The second kappa shape index (κ2) is 7.19. The van der Waals surface area contributed by atoms with Gasteiger partial charge in [-0.3, -0.25) is 0 Å². The van der Waals surface area contributed by atoms with Gasteiger partial charge >= 0.3 is 5.97 Å². The number of para-hydroxylation sites is 1. The molecule has 3 rings (SSSR count). The topological polar surface area (TPSA) is 72.7 Å². The van der Waals surface area contributed by atoms with Crippen LogP contribution in [0, 0.1) is 6.92 Å². The smallest absolute Gasteiger partial charge is 0.335 e. The summed E-state index contributed by atoms with van der Waals surface area (Å²) in [7, 11) is 1.64. The van der Waals surface area contributed by atoms with Gasteiger partial charge in [0.15, 0.2) is 11.4 Å². The predicted octanol–water partition coefficient (Wildman–Crippen LogP) is 0.417. The highest BCUT2D eigenvalue weighted by molar-refractivity contribution is 5.94. The largest absolute Gasteiger partial charge is 1.00 e. The number of aryl methyl sites for hydroxylation is 1. The average molecular weight is 345 g/mol. The molecule has 0 aliphatic carbocycles. The molecule has 6 heteroatoms. The van der Waals surface area contributed by atoms with Crippen LogP contribution in [-0.2, 0) is 0 Å². The molecular weight excluding hydrogens is 328 g/mol. The van der Waals surface area contributed by atoms with Crippen molar-refractivity contribution in [1.29, 1.82) is 0 Å². The first-order chi connectivity index (χ1) is 11.1. The maximum absolute atomic E-state index is 10.9. The van der Waals surface area contributed by atoms with Gasteiger partial charge in [-0.1, -0.05) is 6.07 Å². The fraction of sp³-hybridized carbons (Fsp3) is 0.111. The van der Waals surface area contributed by atoms with Crippen molar-refractivity contribution in [2.75, 3.05) is 12.4 Å². The van der Waals surface area contributed by atoms with Crippen molar-refractivity contribution < 1.29 is 32.0 Å². The molecule has 0 aliphatic rings. The lowest BCUT2D eigenvalue weighted by molar-refractivity contribution is -0.355. The Bertz CT molecular complexity index is 879. The molecule has 3 N–H and O–H groups in total. The van der Waals surface area contributed by atoms with Crippen LogP contribution in [0.3, 0.4) is 0 Å². The van der Waals surface area contributed by atoms with Gasteiger partial charge in [-0.15, -0.1) is 0 Å². The number of H-pyrrole nitrogens is 1. The molecule has 0 saturated heterocycles. The Morgan fingerprint density at radius 3 is 2.50 bits per heavy atom. The van der Waals surface area contributed by atoms with E-state index in [0.29, 0.717) is 0 Å². The number of ether oxygens (including phenoxy) is 1. The van der Waals surface area contributed by atoms with Crippen molar-refractivity contribution >= 4 is 28.2 Å². The van der Waals surface area contributed by atoms with Crippen molar-refractivity contribution in [3.8, 4) is 5.75 Å². The summed E-state index contributed by atoms with van der Waals surface area (Å²) >= 11 is 0. The Morgan fingerprint density at radius 2 is 1.88 bits per heavy atom. The molecule has 0 saturated carbocycles. The Morgan fingerprint density at radius 1 is 1.17 bits per heavy atom. The number of carboxylic acids is 1. The Kier molecular flexibility index (Phi) is 5.26. The molecule has 0 amide bonds. The number of hydrogen-bond donors (Lipinski definition) is 2. The number of fused-ring (bicyclic) bond motifs is 1. The third-order valence-corrected chi connectivity index (χ3v) is 3.63. The van der Waals surface area contributed by atoms with Gasteiger partial charge in [0.2, 0.25) is 0 Å². The van der Waals surface area contributed by atoms with E-state index in [9.17, 15) is 4.79 Å². The minimum absolute atomic E-state index is 0. The molecule has 1 aromatic heterocycles. The van der Waals surface area contributed by atoms with Gasteiger partial charge in [0.25, 0.3) is 5.52 Å². The predicted molar refractivity (Wildman–Crippen MR) is 88.5 cm³/mol. The summed E-state index contributed by atoms with van der Waals surface area (Å²) in [4.78, 5) is 14.2. The molecule has 1 heterocycles. The van der Waals surface area contributed by atoms with E-state index in [4.69, 9.17) is 9.84 Å². The third kappa shape index (κ3) is 3.41. The highest BCUT2D eigenvalue weighted by Crippen LogP contribution is 2.29. The number of hydrogen-bond acceptors (Lipinski definition) is 3. The van der Waals surface area contributed by atoms with E-state index in [1.54, 1.807) is 31.4 Å². The lowest BCUT2D eigenvalue weighted by Gasteiger charge is -2.10. The number of nitrogens with one attached hydrogen (secondary N) is 2. The number of anilines is 2. The van der Waals surface area contributed by atoms with E-state index < -0.39 is 5.97 Å². The van der Waals surface area contributed by atoms with Gasteiger partial charge in [-0.25, -0.2) is 9.78 Å². The molecule has 0 atom stereocenters. The monoisotopic (exact) mass is 344 g/mol. The van der Waals surface area contributed by atoms with Crippen molar-refractivity contribution in [2.24, 2.45) is 0 Å². The van der Waals surface area contributed by atoms with Crippen LogP contribution < -0.4 is 27.4 Å². The number of aromatic amines is 1. The number of aromatic nitrogens is 1. The first kappa shape index (κ1) is 17.6. The molecule has 124 valence electrons. The van der Waals surface area contributed by atoms with Crippen LogP contribution in [0.5, 0.6) is 5.75 Å². The van der Waals surface area contributed by atoms with Gasteiger partial charge in [0, 0.05) is 18.7 Å². The lowest BCUT2D eigenvalue weighted by atomic mass is 10.1. The number of rotatable bonds is 4. The summed E-state index contributed by atoms with van der Waals surface area (Å²) in [5.41, 5.74) is 3.92. The van der Waals surface area contributed by atoms with Crippen LogP contribution in [0.15, 0.2) is 48.5 Å². The maximum Gasteiger partial charge on any atom is 0.335 e. The average Bonchev–Trinajstić information content (AvgIpc) is 2.54. The van der Waals surface area contributed by atoms with Crippen LogP contribution >= 0.6 is 0 Å². The van der Waals surface area contributed by atoms with Gasteiger partial charge in [0.05, 0.1) is 23.7 Å². The molecule has 5 nitrogen and oxygen atoms in total. The van der Waals surface area contributed by atoms with E-state index in [1.807, 2.05) is 31.2 Å². The van der Waals surface area contributed by atoms with Crippen LogP contribution in [-0.4, -0.2) is 18.2 Å². The zero-order chi connectivity index (χ0) is 16.4. The van der Waals surface area contributed by atoms with Gasteiger partial charge in [0.1, 0.15) is 0 Å². The Labute approximate surface area is 145 Å². The zero-order valence-electron chi connectivity index (χ0n) is 13.3. The van der Waals surface area contributed by atoms with Crippen molar-refractivity contribution in [3.05, 3.63) is 59.8 Å². The van der Waals surface area contributed by atoms with Crippen LogP contribution in [0.2, 0.25) is 0 Å². The number of pyridine rings is 1. The number of aromatic carboxylic acids is 1. The van der Waals surface area contributed by atoms with Crippen molar-refractivity contribution in [3.63, 3.8) is 0 Å². The minimum atomic E-state index is -0.933. The summed E-state index contributed by atoms with van der Waals surface area (Å²) in [5, 5.41) is 13.3. The highest BCUT2D eigenvalue weighted by atomic mass is 35.5. The molecule has 2 aromatic carbocycles. The van der Waals surface area contributed by atoms with E-state index >= 15 is 0 Å². The summed E-state index contributed by atoms with van der Waals surface area (Å²) in [5.74, 6) is -0.160. The van der Waals surface area contributed by atoms with Crippen LogP contribution in [0.25, 0.3) is 10.9 Å². The summed E-state index contributed by atoms with van der Waals surface area (Å²) in [6.07, 6.45) is 0. The number of halogens is 1. The Balaban J connectivity index is 0.00000208. The van der Waals surface area contributed by atoms with Gasteiger partial charge in [-0.05, 0) is 36.4 Å². The number of benzene rings is 2. The quantitative estimate of drug-likeness (QED) is 0.719. The summed E-state index contributed by atoms with van der Waals surface area (Å²) in [6, 6.07) is 14.5. The van der Waals surface area contributed by atoms with E-state index in [1.165, 1.54) is 0 Å². The van der Waals surface area contributed by atoms with Gasteiger partial charge < -0.3 is 27.6 Å². The zero-order valence-corrected chi connectivity index (χ0v) is 14.0. The Hall–Kier alpha value is -2.79. The van der Waals surface area contributed by atoms with Gasteiger partial charge in [-0.2, -0.15) is 0 Å².